The minimum atomic E-state index is -0.340. The molecule has 2 heterocycles. The van der Waals surface area contributed by atoms with Gasteiger partial charge in [-0.2, -0.15) is 0 Å². The SMILES string of the molecule is CCOC(=O)/C=C/CSc1nnc(-c2cccs2)o1. The lowest BCUT2D eigenvalue weighted by molar-refractivity contribution is -0.137. The second-order valence-corrected chi connectivity index (χ2v) is 5.23. The van der Waals surface area contributed by atoms with Crippen molar-refractivity contribution in [3.63, 3.8) is 0 Å². The molecule has 0 radical (unpaired) electrons. The molecule has 0 aliphatic carbocycles. The number of hydrogen-bond donors (Lipinski definition) is 0. The number of carbonyl (C=O) groups excluding carboxylic acids is 1. The van der Waals surface area contributed by atoms with Gasteiger partial charge in [-0.05, 0) is 18.4 Å². The molecule has 5 nitrogen and oxygen atoms in total. The molecule has 0 spiro atoms. The van der Waals surface area contributed by atoms with Crippen LogP contribution in [-0.2, 0) is 9.53 Å². The average molecular weight is 296 g/mol. The minimum absolute atomic E-state index is 0.340. The quantitative estimate of drug-likeness (QED) is 0.464. The van der Waals surface area contributed by atoms with Crippen molar-refractivity contribution in [2.24, 2.45) is 0 Å². The van der Waals surface area contributed by atoms with E-state index in [-0.39, 0.29) is 5.97 Å². The smallest absolute Gasteiger partial charge is 0.330 e. The largest absolute Gasteiger partial charge is 0.463 e. The Balaban J connectivity index is 1.83. The first-order valence-electron chi connectivity index (χ1n) is 5.63. The Kier molecular flexibility index (Phi) is 5.17. The van der Waals surface area contributed by atoms with Crippen molar-refractivity contribution >= 4 is 29.1 Å². The zero-order valence-corrected chi connectivity index (χ0v) is 11.9. The number of esters is 1. The summed E-state index contributed by atoms with van der Waals surface area (Å²) in [4.78, 5) is 12.0. The minimum Gasteiger partial charge on any atom is -0.463 e. The van der Waals surface area contributed by atoms with Crippen LogP contribution in [-0.4, -0.2) is 28.5 Å². The molecule has 2 aromatic rings. The van der Waals surface area contributed by atoms with Crippen LogP contribution in [0.5, 0.6) is 0 Å². The maximum absolute atomic E-state index is 11.0. The Labute approximate surface area is 118 Å². The fourth-order valence-electron chi connectivity index (χ4n) is 1.22. The molecule has 0 amide bonds. The highest BCUT2D eigenvalue weighted by Gasteiger charge is 2.08. The van der Waals surface area contributed by atoms with E-state index in [0.717, 1.165) is 4.88 Å². The monoisotopic (exact) mass is 296 g/mol. The maximum atomic E-state index is 11.0. The summed E-state index contributed by atoms with van der Waals surface area (Å²) in [6.45, 7) is 2.15. The van der Waals surface area contributed by atoms with Crippen LogP contribution in [0.25, 0.3) is 10.8 Å². The molecule has 0 atom stereocenters. The molecule has 0 N–H and O–H groups in total. The molecule has 0 bridgehead atoms. The van der Waals surface area contributed by atoms with Crippen molar-refractivity contribution < 1.29 is 13.9 Å². The molecule has 0 saturated carbocycles. The number of rotatable bonds is 6. The molecular formula is C12H12N2O3S2. The van der Waals surface area contributed by atoms with E-state index < -0.39 is 0 Å². The van der Waals surface area contributed by atoms with E-state index in [9.17, 15) is 4.79 Å². The highest BCUT2D eigenvalue weighted by molar-refractivity contribution is 7.99. The van der Waals surface area contributed by atoms with E-state index in [1.165, 1.54) is 17.8 Å². The van der Waals surface area contributed by atoms with Crippen LogP contribution in [0.1, 0.15) is 6.92 Å². The van der Waals surface area contributed by atoms with Crippen molar-refractivity contribution in [2.75, 3.05) is 12.4 Å². The number of carbonyl (C=O) groups is 1. The third-order valence-corrected chi connectivity index (χ3v) is 3.61. The van der Waals surface area contributed by atoms with E-state index in [0.29, 0.717) is 23.5 Å². The molecule has 100 valence electrons. The molecule has 0 aromatic carbocycles. The fraction of sp³-hybridized carbons (Fsp3) is 0.250. The molecule has 19 heavy (non-hydrogen) atoms. The number of thioether (sulfide) groups is 1. The van der Waals surface area contributed by atoms with Gasteiger partial charge in [-0.3, -0.25) is 0 Å². The van der Waals surface area contributed by atoms with Crippen LogP contribution >= 0.6 is 23.1 Å². The predicted octanol–water partition coefficient (Wildman–Crippen LogP) is 3.01. The first-order valence-corrected chi connectivity index (χ1v) is 7.49. The van der Waals surface area contributed by atoms with E-state index >= 15 is 0 Å². The van der Waals surface area contributed by atoms with Crippen LogP contribution in [0.15, 0.2) is 39.3 Å². The second-order valence-electron chi connectivity index (χ2n) is 3.32. The second kappa shape index (κ2) is 7.10. The Morgan fingerprint density at radius 2 is 2.47 bits per heavy atom. The van der Waals surface area contributed by atoms with Crippen molar-refractivity contribution in [1.82, 2.24) is 10.2 Å². The summed E-state index contributed by atoms with van der Waals surface area (Å²) in [5.41, 5.74) is 0. The maximum Gasteiger partial charge on any atom is 0.330 e. The van der Waals surface area contributed by atoms with Crippen LogP contribution in [0, 0.1) is 0 Å². The molecule has 0 unspecified atom stereocenters. The molecule has 2 rings (SSSR count). The average Bonchev–Trinajstić information content (AvgIpc) is 3.05. The van der Waals surface area contributed by atoms with Gasteiger partial charge in [0.15, 0.2) is 0 Å². The van der Waals surface area contributed by atoms with Crippen molar-refractivity contribution in [1.29, 1.82) is 0 Å². The van der Waals surface area contributed by atoms with Crippen molar-refractivity contribution in [3.8, 4) is 10.8 Å². The number of aromatic nitrogens is 2. The highest BCUT2D eigenvalue weighted by Crippen LogP contribution is 2.26. The van der Waals surface area contributed by atoms with Gasteiger partial charge in [0.1, 0.15) is 0 Å². The predicted molar refractivity (Wildman–Crippen MR) is 74.1 cm³/mol. The van der Waals surface area contributed by atoms with Gasteiger partial charge in [0.05, 0.1) is 11.5 Å². The summed E-state index contributed by atoms with van der Waals surface area (Å²) >= 11 is 2.91. The molecule has 0 saturated heterocycles. The summed E-state index contributed by atoms with van der Waals surface area (Å²) in [5.74, 6) is 0.755. The van der Waals surface area contributed by atoms with Gasteiger partial charge in [-0.25, -0.2) is 4.79 Å². The van der Waals surface area contributed by atoms with Crippen LogP contribution in [0.4, 0.5) is 0 Å². The van der Waals surface area contributed by atoms with Crippen LogP contribution in [0.3, 0.4) is 0 Å². The van der Waals surface area contributed by atoms with Gasteiger partial charge in [-0.1, -0.05) is 23.9 Å². The highest BCUT2D eigenvalue weighted by atomic mass is 32.2. The van der Waals surface area contributed by atoms with E-state index in [1.54, 1.807) is 24.3 Å². The molecular weight excluding hydrogens is 284 g/mol. The first-order chi connectivity index (χ1) is 9.29. The van der Waals surface area contributed by atoms with E-state index in [2.05, 4.69) is 10.2 Å². The van der Waals surface area contributed by atoms with E-state index in [4.69, 9.17) is 9.15 Å². The summed E-state index contributed by atoms with van der Waals surface area (Å²) in [6, 6.07) is 3.85. The lowest BCUT2D eigenvalue weighted by Crippen LogP contribution is -1.98. The number of thiophene rings is 1. The van der Waals surface area contributed by atoms with Gasteiger partial charge in [0.25, 0.3) is 11.1 Å². The van der Waals surface area contributed by atoms with Gasteiger partial charge in [0.2, 0.25) is 0 Å². The van der Waals surface area contributed by atoms with Crippen LogP contribution in [0.2, 0.25) is 0 Å². The number of nitrogens with zero attached hydrogens (tertiary/aromatic N) is 2. The third kappa shape index (κ3) is 4.22. The van der Waals surface area contributed by atoms with Crippen LogP contribution < -0.4 is 0 Å². The first kappa shape index (κ1) is 13.8. The van der Waals surface area contributed by atoms with Gasteiger partial charge < -0.3 is 9.15 Å². The molecule has 0 fully saturated rings. The molecule has 0 aliphatic rings. The Hall–Kier alpha value is -1.60. The van der Waals surface area contributed by atoms with Crippen molar-refractivity contribution in [3.05, 3.63) is 29.7 Å². The summed E-state index contributed by atoms with van der Waals surface area (Å²) in [7, 11) is 0. The summed E-state index contributed by atoms with van der Waals surface area (Å²) < 4.78 is 10.2. The Morgan fingerprint density at radius 1 is 1.58 bits per heavy atom. The third-order valence-electron chi connectivity index (χ3n) is 1.98. The molecule has 2 aromatic heterocycles. The van der Waals surface area contributed by atoms with Gasteiger partial charge in [0, 0.05) is 11.8 Å². The molecule has 7 heteroatoms. The van der Waals surface area contributed by atoms with Crippen molar-refractivity contribution in [2.45, 2.75) is 12.1 Å². The Morgan fingerprint density at radius 3 is 3.21 bits per heavy atom. The molecule has 0 aliphatic heterocycles. The normalized spacial score (nSPS) is 11.0. The zero-order chi connectivity index (χ0) is 13.5. The van der Waals surface area contributed by atoms with Gasteiger partial charge >= 0.3 is 5.97 Å². The lowest BCUT2D eigenvalue weighted by atomic mass is 10.5. The van der Waals surface area contributed by atoms with Gasteiger partial charge in [-0.15, -0.1) is 21.5 Å². The standard InChI is InChI=1S/C12H12N2O3S2/c1-2-16-10(15)6-4-8-19-12-14-13-11(17-12)9-5-3-7-18-9/h3-7H,2,8H2,1H3/b6-4+. The zero-order valence-electron chi connectivity index (χ0n) is 10.2. The Bertz CT molecular complexity index is 549. The topological polar surface area (TPSA) is 65.2 Å². The van der Waals surface area contributed by atoms with E-state index in [1.807, 2.05) is 17.5 Å². The number of ether oxygens (including phenoxy) is 1. The summed E-state index contributed by atoms with van der Waals surface area (Å²) in [5, 5.41) is 10.3. The number of hydrogen-bond acceptors (Lipinski definition) is 7. The fourth-order valence-corrected chi connectivity index (χ4v) is 2.44. The summed E-state index contributed by atoms with van der Waals surface area (Å²) in [6.07, 6.45) is 3.10. The lowest BCUT2D eigenvalue weighted by Gasteiger charge is -1.93.